The number of ether oxygens (including phenoxy) is 1. The van der Waals surface area contributed by atoms with Crippen LogP contribution < -0.4 is 14.8 Å². The van der Waals surface area contributed by atoms with E-state index in [2.05, 4.69) is 22.0 Å². The molecule has 0 fully saturated rings. The summed E-state index contributed by atoms with van der Waals surface area (Å²) in [6.45, 7) is 2.59. The topological polar surface area (TPSA) is 100 Å². The highest BCUT2D eigenvalue weighted by Gasteiger charge is 2.26. The molecule has 0 saturated carbocycles. The van der Waals surface area contributed by atoms with E-state index in [0.29, 0.717) is 18.0 Å². The van der Waals surface area contributed by atoms with E-state index < -0.39 is 10.0 Å². The van der Waals surface area contributed by atoms with Crippen LogP contribution in [0.5, 0.6) is 5.75 Å². The first-order valence-corrected chi connectivity index (χ1v) is 8.27. The molecule has 1 heterocycles. The normalized spacial score (nSPS) is 17.7. The van der Waals surface area contributed by atoms with Gasteiger partial charge < -0.3 is 15.2 Å². The number of anilines is 1. The number of nitrogens with one attached hydrogen (secondary N) is 2. The van der Waals surface area contributed by atoms with Crippen molar-refractivity contribution < 1.29 is 18.3 Å². The summed E-state index contributed by atoms with van der Waals surface area (Å²) >= 11 is 0. The maximum absolute atomic E-state index is 12.2. The fourth-order valence-electron chi connectivity index (χ4n) is 1.82. The van der Waals surface area contributed by atoms with Crippen LogP contribution in [0.25, 0.3) is 0 Å². The number of guanidine groups is 1. The maximum Gasteiger partial charge on any atom is 0.266 e. The molecule has 0 saturated heterocycles. The second-order valence-electron chi connectivity index (χ2n) is 4.54. The van der Waals surface area contributed by atoms with Crippen molar-refractivity contribution in [2.24, 2.45) is 4.99 Å². The Morgan fingerprint density at radius 1 is 1.38 bits per heavy atom. The van der Waals surface area contributed by atoms with Crippen molar-refractivity contribution in [1.29, 1.82) is 0 Å². The quantitative estimate of drug-likeness (QED) is 0.678. The fourth-order valence-corrected chi connectivity index (χ4v) is 2.98. The van der Waals surface area contributed by atoms with Gasteiger partial charge in [-0.1, -0.05) is 13.3 Å². The molecular weight excluding hydrogens is 294 g/mol. The van der Waals surface area contributed by atoms with Crippen LogP contribution >= 0.6 is 0 Å². The third-order valence-electron chi connectivity index (χ3n) is 2.86. The van der Waals surface area contributed by atoms with Gasteiger partial charge in [0.05, 0.1) is 25.4 Å². The Bertz CT molecular complexity index is 628. The second-order valence-corrected chi connectivity index (χ2v) is 6.20. The third-order valence-corrected chi connectivity index (χ3v) is 4.24. The summed E-state index contributed by atoms with van der Waals surface area (Å²) in [7, 11) is -3.68. The van der Waals surface area contributed by atoms with E-state index >= 15 is 0 Å². The van der Waals surface area contributed by atoms with Gasteiger partial charge in [-0.25, -0.2) is 18.1 Å². The molecule has 21 heavy (non-hydrogen) atoms. The Kier molecular flexibility index (Phi) is 5.03. The number of aliphatic hydroxyl groups excluding tert-OH is 1. The highest BCUT2D eigenvalue weighted by molar-refractivity contribution is 7.90. The molecule has 0 unspecified atom stereocenters. The average Bonchev–Trinajstić information content (AvgIpc) is 2.45. The maximum atomic E-state index is 12.2. The van der Waals surface area contributed by atoms with Gasteiger partial charge in [-0.05, 0) is 18.6 Å². The van der Waals surface area contributed by atoms with E-state index in [9.17, 15) is 8.42 Å². The monoisotopic (exact) mass is 313 g/mol. The summed E-state index contributed by atoms with van der Waals surface area (Å²) in [5.41, 5.74) is 0.438. The number of benzene rings is 1. The van der Waals surface area contributed by atoms with Gasteiger partial charge >= 0.3 is 0 Å². The minimum atomic E-state index is -3.68. The van der Waals surface area contributed by atoms with Crippen LogP contribution in [-0.4, -0.2) is 39.2 Å². The first-order chi connectivity index (χ1) is 10.1. The predicted octanol–water partition coefficient (Wildman–Crippen LogP) is 0.918. The van der Waals surface area contributed by atoms with Crippen LogP contribution in [-0.2, 0) is 10.0 Å². The van der Waals surface area contributed by atoms with E-state index in [0.717, 1.165) is 12.8 Å². The number of hydrogen-bond donors (Lipinski definition) is 3. The van der Waals surface area contributed by atoms with Crippen molar-refractivity contribution in [2.45, 2.75) is 24.7 Å². The summed E-state index contributed by atoms with van der Waals surface area (Å²) in [6, 6.07) is 4.85. The standard InChI is InChI=1S/C13H19N3O4S/c1-2-3-8-20-10-4-5-11-12(9-10)21(18,19)16-13(15-11)14-6-7-17/h4-5,9,17H,2-3,6-8H2,1H3,(H2,14,15,16). The number of aliphatic hydroxyl groups is 1. The minimum absolute atomic E-state index is 0.108. The summed E-state index contributed by atoms with van der Waals surface area (Å²) in [5, 5.41) is 11.6. The molecule has 1 aromatic rings. The lowest BCUT2D eigenvalue weighted by molar-refractivity contribution is 0.307. The lowest BCUT2D eigenvalue weighted by atomic mass is 10.3. The summed E-state index contributed by atoms with van der Waals surface area (Å²) in [5.74, 6) is 0.626. The lowest BCUT2D eigenvalue weighted by Gasteiger charge is -2.22. The zero-order valence-electron chi connectivity index (χ0n) is 11.8. The van der Waals surface area contributed by atoms with Gasteiger partial charge in [-0.3, -0.25) is 0 Å². The molecule has 3 N–H and O–H groups in total. The van der Waals surface area contributed by atoms with E-state index in [-0.39, 0.29) is 24.0 Å². The van der Waals surface area contributed by atoms with Crippen LogP contribution in [0.3, 0.4) is 0 Å². The lowest BCUT2D eigenvalue weighted by Crippen LogP contribution is -2.41. The Morgan fingerprint density at radius 3 is 2.90 bits per heavy atom. The van der Waals surface area contributed by atoms with Crippen molar-refractivity contribution in [2.75, 3.05) is 25.1 Å². The number of aliphatic imine (C=N–C) groups is 1. The SMILES string of the molecule is CCCCOc1ccc2c(c1)S(=O)(=O)NC(=NCCO)N2. The largest absolute Gasteiger partial charge is 0.494 e. The molecule has 1 aliphatic rings. The van der Waals surface area contributed by atoms with Crippen LogP contribution in [0, 0.1) is 0 Å². The van der Waals surface area contributed by atoms with Crippen LogP contribution in [0.2, 0.25) is 0 Å². The van der Waals surface area contributed by atoms with Crippen molar-refractivity contribution in [3.63, 3.8) is 0 Å². The van der Waals surface area contributed by atoms with Crippen molar-refractivity contribution in [1.82, 2.24) is 4.72 Å². The summed E-state index contributed by atoms with van der Waals surface area (Å²) in [6.07, 6.45) is 1.93. The van der Waals surface area contributed by atoms with Crippen molar-refractivity contribution in [3.8, 4) is 5.75 Å². The predicted molar refractivity (Wildman–Crippen MR) is 80.2 cm³/mol. The van der Waals surface area contributed by atoms with Gasteiger partial charge in [-0.2, -0.15) is 0 Å². The first-order valence-electron chi connectivity index (χ1n) is 6.79. The van der Waals surface area contributed by atoms with E-state index in [1.165, 1.54) is 6.07 Å². The first kappa shape index (κ1) is 15.6. The van der Waals surface area contributed by atoms with Crippen molar-refractivity contribution >= 4 is 21.7 Å². The number of fused-ring (bicyclic) bond motifs is 1. The Balaban J connectivity index is 2.24. The van der Waals surface area contributed by atoms with Gasteiger partial charge in [0.15, 0.2) is 0 Å². The van der Waals surface area contributed by atoms with Crippen molar-refractivity contribution in [3.05, 3.63) is 18.2 Å². The van der Waals surface area contributed by atoms with E-state index in [1.807, 2.05) is 0 Å². The smallest absolute Gasteiger partial charge is 0.266 e. The Morgan fingerprint density at radius 2 is 2.19 bits per heavy atom. The highest BCUT2D eigenvalue weighted by Crippen LogP contribution is 2.29. The molecule has 7 nitrogen and oxygen atoms in total. The number of hydrogen-bond acceptors (Lipinski definition) is 5. The van der Waals surface area contributed by atoms with Gasteiger partial charge in [0.25, 0.3) is 10.0 Å². The zero-order chi connectivity index (χ0) is 15.3. The molecule has 0 aliphatic carbocycles. The Hall–Kier alpha value is -1.80. The zero-order valence-corrected chi connectivity index (χ0v) is 12.6. The van der Waals surface area contributed by atoms with Gasteiger partial charge in [0, 0.05) is 6.07 Å². The molecule has 1 aliphatic heterocycles. The molecule has 0 bridgehead atoms. The summed E-state index contributed by atoms with van der Waals surface area (Å²) < 4.78 is 32.2. The highest BCUT2D eigenvalue weighted by atomic mass is 32.2. The summed E-state index contributed by atoms with van der Waals surface area (Å²) in [4.78, 5) is 4.04. The Labute approximate surface area is 124 Å². The van der Waals surface area contributed by atoms with E-state index in [1.54, 1.807) is 12.1 Å². The molecular formula is C13H19N3O4S. The molecule has 0 atom stereocenters. The second kappa shape index (κ2) is 6.77. The minimum Gasteiger partial charge on any atom is -0.494 e. The fraction of sp³-hybridized carbons (Fsp3) is 0.462. The molecule has 8 heteroatoms. The van der Waals surface area contributed by atoms with E-state index in [4.69, 9.17) is 9.84 Å². The number of sulfonamides is 1. The number of unbranched alkanes of at least 4 members (excludes halogenated alkanes) is 1. The molecule has 0 spiro atoms. The molecule has 0 aromatic heterocycles. The molecule has 0 radical (unpaired) electrons. The molecule has 2 rings (SSSR count). The average molecular weight is 313 g/mol. The number of nitrogens with zero attached hydrogens (tertiary/aromatic N) is 1. The molecule has 116 valence electrons. The van der Waals surface area contributed by atoms with Crippen LogP contribution in [0.4, 0.5) is 5.69 Å². The van der Waals surface area contributed by atoms with Gasteiger partial charge in [-0.15, -0.1) is 0 Å². The number of rotatable bonds is 6. The van der Waals surface area contributed by atoms with Crippen LogP contribution in [0.1, 0.15) is 19.8 Å². The van der Waals surface area contributed by atoms with Crippen LogP contribution in [0.15, 0.2) is 28.1 Å². The third kappa shape index (κ3) is 3.85. The molecule has 1 aromatic carbocycles. The molecule has 0 amide bonds. The van der Waals surface area contributed by atoms with Gasteiger partial charge in [0.2, 0.25) is 5.96 Å². The van der Waals surface area contributed by atoms with Gasteiger partial charge in [0.1, 0.15) is 10.6 Å².